The highest BCUT2D eigenvalue weighted by Gasteiger charge is 2.27. The third-order valence-electron chi connectivity index (χ3n) is 5.74. The summed E-state index contributed by atoms with van der Waals surface area (Å²) in [6, 6.07) is 13.4. The Kier molecular flexibility index (Phi) is 5.59. The van der Waals surface area contributed by atoms with E-state index in [0.717, 1.165) is 35.0 Å². The zero-order valence-corrected chi connectivity index (χ0v) is 18.1. The number of amides is 2. The molecule has 0 bridgehead atoms. The minimum absolute atomic E-state index is 0.0622. The summed E-state index contributed by atoms with van der Waals surface area (Å²) in [7, 11) is 1.38. The summed E-state index contributed by atoms with van der Waals surface area (Å²) in [6.07, 6.45) is 3.33. The number of benzene rings is 2. The highest BCUT2D eigenvalue weighted by atomic mass is 16.5. The first-order valence-corrected chi connectivity index (χ1v) is 10.6. The second-order valence-electron chi connectivity index (χ2n) is 8.27. The van der Waals surface area contributed by atoms with Gasteiger partial charge in [-0.1, -0.05) is 12.1 Å². The highest BCUT2D eigenvalue weighted by molar-refractivity contribution is 6.04. The number of urea groups is 1. The van der Waals surface area contributed by atoms with Gasteiger partial charge in [-0.3, -0.25) is 0 Å². The van der Waals surface area contributed by atoms with Crippen LogP contribution >= 0.6 is 0 Å². The summed E-state index contributed by atoms with van der Waals surface area (Å²) in [5.41, 5.74) is 11.4. The molecule has 1 heterocycles. The summed E-state index contributed by atoms with van der Waals surface area (Å²) < 4.78 is 7.16. The highest BCUT2D eigenvalue weighted by Crippen LogP contribution is 2.44. The van der Waals surface area contributed by atoms with E-state index in [0.29, 0.717) is 23.0 Å². The number of nitrogens with zero attached hydrogens (tertiary/aromatic N) is 1. The molecule has 1 aromatic heterocycles. The lowest BCUT2D eigenvalue weighted by atomic mass is 9.92. The summed E-state index contributed by atoms with van der Waals surface area (Å²) in [5, 5.41) is 6.57. The first-order valence-electron chi connectivity index (χ1n) is 10.6. The van der Waals surface area contributed by atoms with Crippen molar-refractivity contribution >= 4 is 34.3 Å². The number of anilines is 2. The molecule has 1 aliphatic carbocycles. The van der Waals surface area contributed by atoms with Crippen LogP contribution in [0.25, 0.3) is 22.2 Å². The van der Waals surface area contributed by atoms with E-state index in [4.69, 9.17) is 10.5 Å². The molecule has 7 nitrogen and oxygen atoms in total. The Morgan fingerprint density at radius 1 is 1.13 bits per heavy atom. The van der Waals surface area contributed by atoms with Gasteiger partial charge in [0.25, 0.3) is 0 Å². The van der Waals surface area contributed by atoms with Crippen molar-refractivity contribution in [3.63, 3.8) is 0 Å². The van der Waals surface area contributed by atoms with Gasteiger partial charge in [-0.25, -0.2) is 9.59 Å². The molecule has 0 radical (unpaired) electrons. The SMILES string of the molecule is COC(=O)c1ccc2c(N)c(-c3ccc(NC(=O)NC(C)C)cc3)n(C3CCC3)c2c1. The largest absolute Gasteiger partial charge is 0.465 e. The standard InChI is InChI=1S/C24H28N4O3/c1-14(2)26-24(30)27-17-10-7-15(8-11-17)22-21(25)19-12-9-16(23(29)31-3)13-20(19)28(22)18-5-4-6-18/h7-14,18H,4-6,25H2,1-3H3,(H2,26,27,30). The van der Waals surface area contributed by atoms with E-state index in [-0.39, 0.29) is 18.0 Å². The second kappa shape index (κ2) is 8.34. The van der Waals surface area contributed by atoms with Gasteiger partial charge in [0.2, 0.25) is 0 Å². The molecule has 1 aliphatic rings. The number of carbonyl (C=O) groups is 2. The molecule has 162 valence electrons. The first-order chi connectivity index (χ1) is 14.9. The number of carbonyl (C=O) groups excluding carboxylic acids is 2. The fraction of sp³-hybridized carbons (Fsp3) is 0.333. The Hall–Kier alpha value is -3.48. The van der Waals surface area contributed by atoms with Gasteiger partial charge in [0.1, 0.15) is 0 Å². The topological polar surface area (TPSA) is 98.4 Å². The van der Waals surface area contributed by atoms with Gasteiger partial charge in [0.05, 0.1) is 29.6 Å². The predicted octanol–water partition coefficient (Wildman–Crippen LogP) is 4.93. The molecular weight excluding hydrogens is 392 g/mol. The lowest BCUT2D eigenvalue weighted by Gasteiger charge is -2.30. The van der Waals surface area contributed by atoms with E-state index in [1.807, 2.05) is 50.2 Å². The minimum Gasteiger partial charge on any atom is -0.465 e. The predicted molar refractivity (Wildman–Crippen MR) is 123 cm³/mol. The number of methoxy groups -OCH3 is 1. The van der Waals surface area contributed by atoms with Gasteiger partial charge >= 0.3 is 12.0 Å². The number of fused-ring (bicyclic) bond motifs is 1. The van der Waals surface area contributed by atoms with Crippen LogP contribution in [0.15, 0.2) is 42.5 Å². The number of nitrogen functional groups attached to an aromatic ring is 1. The van der Waals surface area contributed by atoms with Crippen molar-refractivity contribution in [1.82, 2.24) is 9.88 Å². The van der Waals surface area contributed by atoms with E-state index >= 15 is 0 Å². The fourth-order valence-corrected chi connectivity index (χ4v) is 4.04. The number of ether oxygens (including phenoxy) is 1. The van der Waals surface area contributed by atoms with E-state index in [1.54, 1.807) is 6.07 Å². The number of nitrogens with one attached hydrogen (secondary N) is 2. The monoisotopic (exact) mass is 420 g/mol. The number of esters is 1. The summed E-state index contributed by atoms with van der Waals surface area (Å²) in [4.78, 5) is 24.0. The van der Waals surface area contributed by atoms with Crippen LogP contribution in [0, 0.1) is 0 Å². The van der Waals surface area contributed by atoms with Gasteiger partial charge in [0.15, 0.2) is 0 Å². The maximum Gasteiger partial charge on any atom is 0.337 e. The number of hydrogen-bond acceptors (Lipinski definition) is 4. The van der Waals surface area contributed by atoms with Crippen molar-refractivity contribution < 1.29 is 14.3 Å². The minimum atomic E-state index is -0.363. The van der Waals surface area contributed by atoms with Crippen LogP contribution in [-0.4, -0.2) is 29.7 Å². The lowest BCUT2D eigenvalue weighted by Crippen LogP contribution is -2.34. The smallest absolute Gasteiger partial charge is 0.337 e. The fourth-order valence-electron chi connectivity index (χ4n) is 4.04. The Labute approximate surface area is 181 Å². The van der Waals surface area contributed by atoms with Gasteiger partial charge in [-0.2, -0.15) is 0 Å². The van der Waals surface area contributed by atoms with Crippen LogP contribution in [0.4, 0.5) is 16.2 Å². The maximum absolute atomic E-state index is 12.1. The quantitative estimate of drug-likeness (QED) is 0.510. The number of rotatable bonds is 5. The Morgan fingerprint density at radius 3 is 2.42 bits per heavy atom. The molecular formula is C24H28N4O3. The van der Waals surface area contributed by atoms with Gasteiger partial charge in [-0.15, -0.1) is 0 Å². The van der Waals surface area contributed by atoms with Crippen LogP contribution in [0.1, 0.15) is 49.5 Å². The number of nitrogens with two attached hydrogens (primary N) is 1. The van der Waals surface area contributed by atoms with Crippen LogP contribution < -0.4 is 16.4 Å². The molecule has 2 amide bonds. The summed E-state index contributed by atoms with van der Waals surface area (Å²) >= 11 is 0. The molecule has 0 atom stereocenters. The van der Waals surface area contributed by atoms with Crippen molar-refractivity contribution in [3.8, 4) is 11.3 Å². The van der Waals surface area contributed by atoms with Gasteiger partial charge < -0.3 is 25.7 Å². The molecule has 2 aromatic carbocycles. The maximum atomic E-state index is 12.1. The third kappa shape index (κ3) is 3.95. The second-order valence-corrected chi connectivity index (χ2v) is 8.27. The first kappa shape index (κ1) is 20.8. The molecule has 4 rings (SSSR count). The molecule has 31 heavy (non-hydrogen) atoms. The molecule has 1 saturated carbocycles. The van der Waals surface area contributed by atoms with Crippen molar-refractivity contribution in [2.24, 2.45) is 0 Å². The van der Waals surface area contributed by atoms with E-state index in [2.05, 4.69) is 15.2 Å². The molecule has 0 unspecified atom stereocenters. The number of aromatic nitrogens is 1. The molecule has 4 N–H and O–H groups in total. The van der Waals surface area contributed by atoms with E-state index in [1.165, 1.54) is 13.5 Å². The zero-order valence-electron chi connectivity index (χ0n) is 18.1. The van der Waals surface area contributed by atoms with Crippen molar-refractivity contribution in [1.29, 1.82) is 0 Å². The molecule has 0 saturated heterocycles. The van der Waals surface area contributed by atoms with Gasteiger partial charge in [0, 0.05) is 28.7 Å². The third-order valence-corrected chi connectivity index (χ3v) is 5.74. The van der Waals surface area contributed by atoms with Crippen LogP contribution in [0.2, 0.25) is 0 Å². The lowest BCUT2D eigenvalue weighted by molar-refractivity contribution is 0.0601. The van der Waals surface area contributed by atoms with Crippen LogP contribution in [-0.2, 0) is 4.74 Å². The average Bonchev–Trinajstić information content (AvgIpc) is 2.98. The van der Waals surface area contributed by atoms with E-state index < -0.39 is 0 Å². The van der Waals surface area contributed by atoms with Crippen molar-refractivity contribution in [3.05, 3.63) is 48.0 Å². The average molecular weight is 421 g/mol. The van der Waals surface area contributed by atoms with Crippen molar-refractivity contribution in [2.45, 2.75) is 45.2 Å². The summed E-state index contributed by atoms with van der Waals surface area (Å²) in [6.45, 7) is 3.83. The number of hydrogen-bond donors (Lipinski definition) is 3. The molecule has 0 spiro atoms. The Balaban J connectivity index is 1.75. The zero-order chi connectivity index (χ0) is 22.1. The normalized spacial score (nSPS) is 13.8. The molecule has 0 aliphatic heterocycles. The Morgan fingerprint density at radius 2 is 1.84 bits per heavy atom. The molecule has 1 fully saturated rings. The van der Waals surface area contributed by atoms with Gasteiger partial charge in [-0.05, 0) is 63.4 Å². The molecule has 3 aromatic rings. The van der Waals surface area contributed by atoms with Crippen molar-refractivity contribution in [2.75, 3.05) is 18.2 Å². The van der Waals surface area contributed by atoms with Crippen LogP contribution in [0.5, 0.6) is 0 Å². The van der Waals surface area contributed by atoms with Crippen LogP contribution in [0.3, 0.4) is 0 Å². The Bertz CT molecular complexity index is 1130. The molecule has 7 heteroatoms. The van der Waals surface area contributed by atoms with E-state index in [9.17, 15) is 9.59 Å². The summed E-state index contributed by atoms with van der Waals surface area (Å²) in [5.74, 6) is -0.363.